The Morgan fingerprint density at radius 2 is 0.691 bits per heavy atom. The fourth-order valence-electron chi connectivity index (χ4n) is 7.49. The first-order valence-corrected chi connectivity index (χ1v) is 18.4. The van der Waals surface area contributed by atoms with Gasteiger partial charge in [-0.25, -0.2) is 15.0 Å². The number of rotatable bonds is 7. The van der Waals surface area contributed by atoms with Crippen LogP contribution in [0.5, 0.6) is 0 Å². The smallest absolute Gasteiger partial charge is 0.164 e. The van der Waals surface area contributed by atoms with Gasteiger partial charge in [-0.2, -0.15) is 0 Å². The summed E-state index contributed by atoms with van der Waals surface area (Å²) in [4.78, 5) is 15.6. The molecular formula is C51H33N3O. The van der Waals surface area contributed by atoms with Crippen LogP contribution in [0.1, 0.15) is 0 Å². The fraction of sp³-hybridized carbons (Fsp3) is 0. The number of hydrogen-bond acceptors (Lipinski definition) is 4. The highest BCUT2D eigenvalue weighted by atomic mass is 16.3. The molecule has 0 atom stereocenters. The molecule has 2 heterocycles. The summed E-state index contributed by atoms with van der Waals surface area (Å²) in [6.45, 7) is 0. The van der Waals surface area contributed by atoms with Gasteiger partial charge in [-0.15, -0.1) is 0 Å². The summed E-state index contributed by atoms with van der Waals surface area (Å²) in [5, 5.41) is 2.01. The molecule has 0 unspecified atom stereocenters. The van der Waals surface area contributed by atoms with Crippen LogP contribution in [-0.4, -0.2) is 15.0 Å². The van der Waals surface area contributed by atoms with Gasteiger partial charge in [0.2, 0.25) is 0 Å². The van der Waals surface area contributed by atoms with Crippen molar-refractivity contribution in [3.8, 4) is 78.7 Å². The lowest BCUT2D eigenvalue weighted by Crippen LogP contribution is -2.01. The Bertz CT molecular complexity index is 2990. The van der Waals surface area contributed by atoms with Crippen molar-refractivity contribution in [3.05, 3.63) is 200 Å². The van der Waals surface area contributed by atoms with Crippen LogP contribution in [0, 0.1) is 0 Å². The lowest BCUT2D eigenvalue weighted by atomic mass is 9.93. The molecule has 258 valence electrons. The van der Waals surface area contributed by atoms with E-state index in [1.807, 2.05) is 42.5 Å². The van der Waals surface area contributed by atoms with Crippen molar-refractivity contribution >= 4 is 21.9 Å². The van der Waals surface area contributed by atoms with Gasteiger partial charge in [0.1, 0.15) is 11.2 Å². The normalized spacial score (nSPS) is 11.3. The van der Waals surface area contributed by atoms with E-state index < -0.39 is 0 Å². The lowest BCUT2D eigenvalue weighted by molar-refractivity contribution is 0.669. The molecule has 0 saturated heterocycles. The van der Waals surface area contributed by atoms with Crippen molar-refractivity contribution in [1.29, 1.82) is 0 Å². The van der Waals surface area contributed by atoms with Crippen molar-refractivity contribution in [3.63, 3.8) is 0 Å². The maximum Gasteiger partial charge on any atom is 0.164 e. The number of para-hydroxylation sites is 1. The third-order valence-corrected chi connectivity index (χ3v) is 10.1. The molecule has 10 rings (SSSR count). The van der Waals surface area contributed by atoms with Gasteiger partial charge in [-0.1, -0.05) is 170 Å². The molecule has 55 heavy (non-hydrogen) atoms. The molecule has 4 heteroatoms. The average molecular weight is 704 g/mol. The molecule has 2 aromatic heterocycles. The molecule has 0 aliphatic heterocycles. The van der Waals surface area contributed by atoms with Crippen molar-refractivity contribution in [2.24, 2.45) is 0 Å². The molecule has 0 radical (unpaired) electrons. The first kappa shape index (κ1) is 32.2. The standard InChI is InChI=1S/C51H33N3O/c1-3-15-34(16-4-1)36-19-11-20-37(31-36)38-21-12-23-40(32-38)49-52-50(54-51(53-49)45-28-14-30-47-48(45)44-27-9-10-29-46(44)55-47)41-24-13-22-39(33-41)43-26-8-7-25-42(43)35-17-5-2-6-18-35/h1-33H. The average Bonchev–Trinajstić information content (AvgIpc) is 3.66. The van der Waals surface area contributed by atoms with Gasteiger partial charge in [0.05, 0.1) is 0 Å². The molecule has 0 bridgehead atoms. The maximum absolute atomic E-state index is 6.29. The quantitative estimate of drug-likeness (QED) is 0.166. The number of furan rings is 1. The molecule has 0 N–H and O–H groups in total. The summed E-state index contributed by atoms with van der Waals surface area (Å²) in [5.41, 5.74) is 13.5. The molecule has 0 aliphatic rings. The zero-order valence-electron chi connectivity index (χ0n) is 29.8. The maximum atomic E-state index is 6.29. The minimum absolute atomic E-state index is 0.587. The SMILES string of the molecule is c1ccc(-c2cccc(-c3cccc(-c4nc(-c5cccc(-c6ccccc6-c6ccccc6)c5)nc(-c5cccc6oc7ccccc7c56)n4)c3)c2)cc1. The van der Waals surface area contributed by atoms with E-state index in [1.54, 1.807) is 0 Å². The van der Waals surface area contributed by atoms with E-state index in [4.69, 9.17) is 19.4 Å². The van der Waals surface area contributed by atoms with Gasteiger partial charge in [-0.05, 0) is 74.8 Å². The first-order chi connectivity index (χ1) is 27.2. The predicted octanol–water partition coefficient (Wildman–Crippen LogP) is 13.4. The van der Waals surface area contributed by atoms with E-state index >= 15 is 0 Å². The van der Waals surface area contributed by atoms with Gasteiger partial charge in [0, 0.05) is 27.5 Å². The van der Waals surface area contributed by atoms with Crippen LogP contribution < -0.4 is 0 Å². The van der Waals surface area contributed by atoms with Gasteiger partial charge in [-0.3, -0.25) is 0 Å². The number of benzene rings is 8. The van der Waals surface area contributed by atoms with Crippen molar-refractivity contribution in [1.82, 2.24) is 15.0 Å². The second kappa shape index (κ2) is 13.8. The second-order valence-electron chi connectivity index (χ2n) is 13.6. The highest BCUT2D eigenvalue weighted by molar-refractivity contribution is 6.11. The highest BCUT2D eigenvalue weighted by Crippen LogP contribution is 2.38. The van der Waals surface area contributed by atoms with Crippen LogP contribution in [-0.2, 0) is 0 Å². The number of hydrogen-bond donors (Lipinski definition) is 0. The van der Waals surface area contributed by atoms with Crippen LogP contribution in [0.2, 0.25) is 0 Å². The zero-order valence-corrected chi connectivity index (χ0v) is 29.8. The molecule has 8 aromatic carbocycles. The van der Waals surface area contributed by atoms with E-state index in [-0.39, 0.29) is 0 Å². The Morgan fingerprint density at radius 1 is 0.273 bits per heavy atom. The Balaban J connectivity index is 1.14. The molecule has 0 fully saturated rings. The minimum Gasteiger partial charge on any atom is -0.456 e. The summed E-state index contributed by atoms with van der Waals surface area (Å²) in [7, 11) is 0. The van der Waals surface area contributed by atoms with Crippen LogP contribution in [0.3, 0.4) is 0 Å². The molecule has 0 saturated carbocycles. The van der Waals surface area contributed by atoms with E-state index in [1.165, 1.54) is 22.3 Å². The summed E-state index contributed by atoms with van der Waals surface area (Å²) in [6, 6.07) is 69.3. The largest absolute Gasteiger partial charge is 0.456 e. The number of fused-ring (bicyclic) bond motifs is 3. The van der Waals surface area contributed by atoms with Crippen LogP contribution in [0.4, 0.5) is 0 Å². The lowest BCUT2D eigenvalue weighted by Gasteiger charge is -2.13. The summed E-state index contributed by atoms with van der Waals surface area (Å²) in [5.74, 6) is 1.78. The zero-order chi connectivity index (χ0) is 36.6. The Kier molecular flexibility index (Phi) is 8.12. The second-order valence-corrected chi connectivity index (χ2v) is 13.6. The topological polar surface area (TPSA) is 51.8 Å². The van der Waals surface area contributed by atoms with E-state index in [9.17, 15) is 0 Å². The van der Waals surface area contributed by atoms with Gasteiger partial charge in [0.25, 0.3) is 0 Å². The highest BCUT2D eigenvalue weighted by Gasteiger charge is 2.19. The molecule has 10 aromatic rings. The molecule has 0 spiro atoms. The van der Waals surface area contributed by atoms with E-state index in [0.717, 1.165) is 60.9 Å². The first-order valence-electron chi connectivity index (χ1n) is 18.4. The van der Waals surface area contributed by atoms with Crippen LogP contribution in [0.25, 0.3) is 101 Å². The summed E-state index contributed by atoms with van der Waals surface area (Å²) < 4.78 is 6.29. The number of aromatic nitrogens is 3. The van der Waals surface area contributed by atoms with Gasteiger partial charge < -0.3 is 4.42 Å². The molecule has 4 nitrogen and oxygen atoms in total. The Morgan fingerprint density at radius 3 is 1.38 bits per heavy atom. The van der Waals surface area contributed by atoms with Crippen LogP contribution >= 0.6 is 0 Å². The summed E-state index contributed by atoms with van der Waals surface area (Å²) in [6.07, 6.45) is 0. The third kappa shape index (κ3) is 6.16. The number of nitrogens with zero attached hydrogens (tertiary/aromatic N) is 3. The molecule has 0 aliphatic carbocycles. The monoisotopic (exact) mass is 703 g/mol. The fourth-order valence-corrected chi connectivity index (χ4v) is 7.49. The van der Waals surface area contributed by atoms with Crippen LogP contribution in [0.15, 0.2) is 205 Å². The third-order valence-electron chi connectivity index (χ3n) is 10.1. The Labute approximate surface area is 319 Å². The molecule has 0 amide bonds. The minimum atomic E-state index is 0.587. The Hall–Kier alpha value is -7.43. The summed E-state index contributed by atoms with van der Waals surface area (Å²) >= 11 is 0. The van der Waals surface area contributed by atoms with Gasteiger partial charge >= 0.3 is 0 Å². The van der Waals surface area contributed by atoms with E-state index in [2.05, 4.69) is 158 Å². The van der Waals surface area contributed by atoms with Gasteiger partial charge in [0.15, 0.2) is 17.5 Å². The van der Waals surface area contributed by atoms with Crippen molar-refractivity contribution in [2.75, 3.05) is 0 Å². The predicted molar refractivity (Wildman–Crippen MR) is 225 cm³/mol. The van der Waals surface area contributed by atoms with Crippen molar-refractivity contribution in [2.45, 2.75) is 0 Å². The molecular weight excluding hydrogens is 671 g/mol. The van der Waals surface area contributed by atoms with E-state index in [0.29, 0.717) is 17.5 Å². The van der Waals surface area contributed by atoms with Crippen molar-refractivity contribution < 1.29 is 4.42 Å².